The molecule has 2 aromatic carbocycles. The minimum absolute atomic E-state index is 0.114. The maximum Gasteiger partial charge on any atom is 0.146 e. The lowest BCUT2D eigenvalue weighted by Gasteiger charge is -2.09. The molecule has 0 aromatic heterocycles. The van der Waals surface area contributed by atoms with Crippen LogP contribution in [0.5, 0.6) is 5.75 Å². The molecule has 2 rings (SSSR count). The van der Waals surface area contributed by atoms with Crippen LogP contribution < -0.4 is 4.74 Å². The van der Waals surface area contributed by atoms with Crippen molar-refractivity contribution in [3.05, 3.63) is 63.6 Å². The lowest BCUT2D eigenvalue weighted by atomic mass is 10.2. The molecule has 0 atom stereocenters. The Morgan fingerprint density at radius 1 is 1.16 bits per heavy atom. The molecule has 0 unspecified atom stereocenters. The van der Waals surface area contributed by atoms with E-state index in [0.717, 1.165) is 0 Å². The smallest absolute Gasteiger partial charge is 0.146 e. The van der Waals surface area contributed by atoms with Gasteiger partial charge < -0.3 is 9.84 Å². The van der Waals surface area contributed by atoms with Crippen molar-refractivity contribution in [2.75, 3.05) is 0 Å². The summed E-state index contributed by atoms with van der Waals surface area (Å²) < 4.78 is 32.7. The van der Waals surface area contributed by atoms with Crippen molar-refractivity contribution in [2.24, 2.45) is 0 Å². The highest BCUT2D eigenvalue weighted by atomic mass is 79.9. The van der Waals surface area contributed by atoms with Gasteiger partial charge in [-0.25, -0.2) is 8.78 Å². The average molecular weight is 329 g/mol. The summed E-state index contributed by atoms with van der Waals surface area (Å²) in [7, 11) is 0. The molecule has 0 fully saturated rings. The van der Waals surface area contributed by atoms with Crippen LogP contribution in [0, 0.1) is 11.6 Å². The molecule has 0 bridgehead atoms. The SMILES string of the molecule is OCc1cccc(OCc2c(F)ccc(Br)c2F)c1. The van der Waals surface area contributed by atoms with E-state index in [4.69, 9.17) is 9.84 Å². The number of benzene rings is 2. The highest BCUT2D eigenvalue weighted by Gasteiger charge is 2.13. The molecule has 0 spiro atoms. The first-order chi connectivity index (χ1) is 9.11. The van der Waals surface area contributed by atoms with Gasteiger partial charge in [0.05, 0.1) is 16.6 Å². The van der Waals surface area contributed by atoms with Crippen molar-refractivity contribution < 1.29 is 18.6 Å². The monoisotopic (exact) mass is 328 g/mol. The Balaban J connectivity index is 2.16. The van der Waals surface area contributed by atoms with Crippen molar-refractivity contribution in [1.29, 1.82) is 0 Å². The van der Waals surface area contributed by atoms with Gasteiger partial charge in [-0.05, 0) is 45.8 Å². The van der Waals surface area contributed by atoms with E-state index >= 15 is 0 Å². The standard InChI is InChI=1S/C14H11BrF2O2/c15-12-4-5-13(16)11(14(12)17)8-19-10-3-1-2-9(6-10)7-18/h1-6,18H,7-8H2. The Morgan fingerprint density at radius 3 is 2.68 bits per heavy atom. The Morgan fingerprint density at radius 2 is 1.95 bits per heavy atom. The fourth-order valence-electron chi connectivity index (χ4n) is 1.59. The predicted molar refractivity (Wildman–Crippen MR) is 70.8 cm³/mol. The number of hydrogen-bond donors (Lipinski definition) is 1. The second kappa shape index (κ2) is 6.12. The summed E-state index contributed by atoms with van der Waals surface area (Å²) in [5, 5.41) is 8.99. The van der Waals surface area contributed by atoms with Gasteiger partial charge in [0.15, 0.2) is 0 Å². The average Bonchev–Trinajstić information content (AvgIpc) is 2.43. The van der Waals surface area contributed by atoms with Gasteiger partial charge >= 0.3 is 0 Å². The van der Waals surface area contributed by atoms with E-state index in [1.54, 1.807) is 24.3 Å². The molecule has 2 nitrogen and oxygen atoms in total. The molecule has 0 saturated carbocycles. The van der Waals surface area contributed by atoms with Crippen LogP contribution in [0.25, 0.3) is 0 Å². The molecule has 0 amide bonds. The summed E-state index contributed by atoms with van der Waals surface area (Å²) in [4.78, 5) is 0. The number of hydrogen-bond acceptors (Lipinski definition) is 2. The number of aliphatic hydroxyl groups excluding tert-OH is 1. The summed E-state index contributed by atoms with van der Waals surface area (Å²) >= 11 is 3.00. The fourth-order valence-corrected chi connectivity index (χ4v) is 1.96. The Hall–Kier alpha value is -1.46. The van der Waals surface area contributed by atoms with Crippen molar-refractivity contribution >= 4 is 15.9 Å². The molecule has 100 valence electrons. The van der Waals surface area contributed by atoms with E-state index < -0.39 is 11.6 Å². The molecule has 0 heterocycles. The van der Waals surface area contributed by atoms with Crippen LogP contribution in [0.2, 0.25) is 0 Å². The quantitative estimate of drug-likeness (QED) is 0.865. The first-order valence-electron chi connectivity index (χ1n) is 5.57. The zero-order valence-corrected chi connectivity index (χ0v) is 11.5. The molecule has 2 aromatic rings. The minimum Gasteiger partial charge on any atom is -0.489 e. The molecule has 1 N–H and O–H groups in total. The van der Waals surface area contributed by atoms with Gasteiger partial charge in [-0.15, -0.1) is 0 Å². The zero-order valence-electron chi connectivity index (χ0n) is 9.87. The Labute approximate surface area is 117 Å². The lowest BCUT2D eigenvalue weighted by Crippen LogP contribution is -2.03. The molecule has 0 aliphatic carbocycles. The lowest BCUT2D eigenvalue weighted by molar-refractivity contribution is 0.275. The molecular formula is C14H11BrF2O2. The van der Waals surface area contributed by atoms with E-state index in [-0.39, 0.29) is 23.2 Å². The van der Waals surface area contributed by atoms with Gasteiger partial charge in [-0.1, -0.05) is 12.1 Å². The van der Waals surface area contributed by atoms with Crippen LogP contribution in [0.1, 0.15) is 11.1 Å². The first-order valence-corrected chi connectivity index (χ1v) is 6.36. The van der Waals surface area contributed by atoms with Crippen molar-refractivity contribution in [3.63, 3.8) is 0 Å². The van der Waals surface area contributed by atoms with Crippen LogP contribution in [-0.2, 0) is 13.2 Å². The second-order valence-corrected chi connectivity index (χ2v) is 4.77. The van der Waals surface area contributed by atoms with E-state index in [1.165, 1.54) is 12.1 Å². The molecule has 0 aliphatic heterocycles. The highest BCUT2D eigenvalue weighted by Crippen LogP contribution is 2.23. The maximum absolute atomic E-state index is 13.7. The second-order valence-electron chi connectivity index (χ2n) is 3.92. The van der Waals surface area contributed by atoms with Gasteiger partial charge in [0.25, 0.3) is 0 Å². The third-order valence-corrected chi connectivity index (χ3v) is 3.22. The summed E-state index contributed by atoms with van der Waals surface area (Å²) in [6.45, 7) is -0.331. The van der Waals surface area contributed by atoms with Crippen molar-refractivity contribution in [2.45, 2.75) is 13.2 Å². The minimum atomic E-state index is -0.668. The first kappa shape index (κ1) is 14.0. The van der Waals surface area contributed by atoms with Gasteiger partial charge in [0.2, 0.25) is 0 Å². The number of aliphatic hydroxyl groups is 1. The summed E-state index contributed by atoms with van der Waals surface area (Å²) in [5.41, 5.74) is 0.538. The van der Waals surface area contributed by atoms with E-state index in [9.17, 15) is 8.78 Å². The number of rotatable bonds is 4. The van der Waals surface area contributed by atoms with Gasteiger partial charge in [-0.2, -0.15) is 0 Å². The van der Waals surface area contributed by atoms with Crippen molar-refractivity contribution in [3.8, 4) is 5.75 Å². The predicted octanol–water partition coefficient (Wildman–Crippen LogP) is 3.80. The fraction of sp³-hybridized carbons (Fsp3) is 0.143. The third-order valence-electron chi connectivity index (χ3n) is 2.60. The van der Waals surface area contributed by atoms with Crippen LogP contribution in [0.4, 0.5) is 8.78 Å². The molecule has 0 aliphatic rings. The molecule has 0 saturated heterocycles. The zero-order chi connectivity index (χ0) is 13.8. The normalized spacial score (nSPS) is 10.5. The van der Waals surface area contributed by atoms with Crippen LogP contribution in [-0.4, -0.2) is 5.11 Å². The van der Waals surface area contributed by atoms with Gasteiger partial charge in [0.1, 0.15) is 24.0 Å². The van der Waals surface area contributed by atoms with Crippen molar-refractivity contribution in [1.82, 2.24) is 0 Å². The largest absolute Gasteiger partial charge is 0.489 e. The topological polar surface area (TPSA) is 29.5 Å². The summed E-state index contributed by atoms with van der Waals surface area (Å²) in [6, 6.07) is 9.19. The highest BCUT2D eigenvalue weighted by molar-refractivity contribution is 9.10. The number of halogens is 3. The van der Waals surface area contributed by atoms with E-state index in [2.05, 4.69) is 15.9 Å². The summed E-state index contributed by atoms with van der Waals surface area (Å²) in [6.07, 6.45) is 0. The van der Waals surface area contributed by atoms with E-state index in [0.29, 0.717) is 11.3 Å². The van der Waals surface area contributed by atoms with Crippen LogP contribution in [0.15, 0.2) is 40.9 Å². The molecule has 5 heteroatoms. The molecule has 0 radical (unpaired) electrons. The third kappa shape index (κ3) is 3.30. The molecule has 19 heavy (non-hydrogen) atoms. The summed E-state index contributed by atoms with van der Waals surface area (Å²) in [5.74, 6) is -0.873. The van der Waals surface area contributed by atoms with Gasteiger partial charge in [-0.3, -0.25) is 0 Å². The van der Waals surface area contributed by atoms with Crippen LogP contribution >= 0.6 is 15.9 Å². The number of ether oxygens (including phenoxy) is 1. The molecular weight excluding hydrogens is 318 g/mol. The Kier molecular flexibility index (Phi) is 4.50. The van der Waals surface area contributed by atoms with Gasteiger partial charge in [0, 0.05) is 0 Å². The maximum atomic E-state index is 13.7. The van der Waals surface area contributed by atoms with Crippen LogP contribution in [0.3, 0.4) is 0 Å². The Bertz CT molecular complexity index is 588. The van der Waals surface area contributed by atoms with E-state index in [1.807, 2.05) is 0 Å².